The fourth-order valence-electron chi connectivity index (χ4n) is 2.63. The molecule has 104 valence electrons. The van der Waals surface area contributed by atoms with E-state index in [-0.39, 0.29) is 5.84 Å². The number of hydrogen-bond donors (Lipinski definition) is 2. The smallest absolute Gasteiger partial charge is 0.188 e. The Morgan fingerprint density at radius 3 is 2.68 bits per heavy atom. The van der Waals surface area contributed by atoms with Crippen LogP contribution in [0.4, 0.5) is 5.82 Å². The van der Waals surface area contributed by atoms with Gasteiger partial charge in [0.15, 0.2) is 5.84 Å². The van der Waals surface area contributed by atoms with Crippen molar-refractivity contribution in [2.45, 2.75) is 38.6 Å². The molecule has 1 aromatic rings. The van der Waals surface area contributed by atoms with E-state index in [4.69, 9.17) is 10.9 Å². The molecule has 0 saturated heterocycles. The average Bonchev–Trinajstić information content (AvgIpc) is 2.46. The van der Waals surface area contributed by atoms with Crippen LogP contribution in [0.1, 0.15) is 38.3 Å². The molecule has 1 fully saturated rings. The van der Waals surface area contributed by atoms with Crippen molar-refractivity contribution in [2.75, 3.05) is 11.9 Å². The molecule has 0 aliphatic heterocycles. The second kappa shape index (κ2) is 5.91. The molecule has 0 bridgehead atoms. The van der Waals surface area contributed by atoms with E-state index >= 15 is 0 Å². The Kier molecular flexibility index (Phi) is 4.24. The summed E-state index contributed by atoms with van der Waals surface area (Å²) in [4.78, 5) is 6.66. The third-order valence-electron chi connectivity index (χ3n) is 4.00. The summed E-state index contributed by atoms with van der Waals surface area (Å²) < 4.78 is 0. The lowest BCUT2D eigenvalue weighted by Gasteiger charge is -2.34. The number of anilines is 1. The van der Waals surface area contributed by atoms with Gasteiger partial charge in [0.2, 0.25) is 0 Å². The lowest BCUT2D eigenvalue weighted by molar-refractivity contribution is 0.318. The first-order valence-corrected chi connectivity index (χ1v) is 6.79. The molecule has 0 amide bonds. The van der Waals surface area contributed by atoms with E-state index < -0.39 is 0 Å². The van der Waals surface area contributed by atoms with Gasteiger partial charge in [-0.1, -0.05) is 18.1 Å². The predicted molar refractivity (Wildman–Crippen MR) is 76.6 cm³/mol. The zero-order valence-electron chi connectivity index (χ0n) is 11.6. The summed E-state index contributed by atoms with van der Waals surface area (Å²) in [6.07, 6.45) is 4.95. The standard InChI is InChI=1S/C14H22N4O/c1-10-6-8-11(9-7-10)18(2)13-5-3-4-12(16-13)14(15)17-19/h3-5,10-11,19H,6-9H2,1-2H3,(H2,15,17). The zero-order chi connectivity index (χ0) is 13.8. The number of hydrogen-bond acceptors (Lipinski definition) is 4. The Hall–Kier alpha value is -1.78. The van der Waals surface area contributed by atoms with Crippen LogP contribution in [0, 0.1) is 5.92 Å². The number of nitrogens with zero attached hydrogens (tertiary/aromatic N) is 3. The van der Waals surface area contributed by atoms with Gasteiger partial charge in [-0.25, -0.2) is 4.98 Å². The first kappa shape index (κ1) is 13.6. The van der Waals surface area contributed by atoms with Crippen LogP contribution >= 0.6 is 0 Å². The monoisotopic (exact) mass is 262 g/mol. The lowest BCUT2D eigenvalue weighted by atomic mass is 9.87. The maximum Gasteiger partial charge on any atom is 0.188 e. The summed E-state index contributed by atoms with van der Waals surface area (Å²) in [5.74, 6) is 1.76. The van der Waals surface area contributed by atoms with Crippen LogP contribution in [0.25, 0.3) is 0 Å². The lowest BCUT2D eigenvalue weighted by Crippen LogP contribution is -2.35. The molecule has 3 N–H and O–H groups in total. The SMILES string of the molecule is CC1CCC(N(C)c2cccc(C(N)=NO)n2)CC1. The van der Waals surface area contributed by atoms with Crippen LogP contribution < -0.4 is 10.6 Å². The van der Waals surface area contributed by atoms with Crippen molar-refractivity contribution in [2.24, 2.45) is 16.8 Å². The van der Waals surface area contributed by atoms with Gasteiger partial charge in [-0.15, -0.1) is 0 Å². The molecule has 1 aromatic heterocycles. The summed E-state index contributed by atoms with van der Waals surface area (Å²) in [5.41, 5.74) is 6.09. The van der Waals surface area contributed by atoms with E-state index in [9.17, 15) is 0 Å². The Bertz CT molecular complexity index is 453. The summed E-state index contributed by atoms with van der Waals surface area (Å²) in [6, 6.07) is 6.13. The van der Waals surface area contributed by atoms with E-state index in [0.29, 0.717) is 11.7 Å². The number of aromatic nitrogens is 1. The van der Waals surface area contributed by atoms with E-state index in [2.05, 4.69) is 29.0 Å². The quantitative estimate of drug-likeness (QED) is 0.379. The van der Waals surface area contributed by atoms with Gasteiger partial charge in [0.05, 0.1) is 0 Å². The topological polar surface area (TPSA) is 74.7 Å². The molecule has 1 aliphatic carbocycles. The van der Waals surface area contributed by atoms with Crippen molar-refractivity contribution in [1.29, 1.82) is 0 Å². The van der Waals surface area contributed by atoms with Crippen molar-refractivity contribution in [3.05, 3.63) is 23.9 Å². The van der Waals surface area contributed by atoms with Crippen LogP contribution in [0.15, 0.2) is 23.4 Å². The van der Waals surface area contributed by atoms with Gasteiger partial charge < -0.3 is 15.8 Å². The van der Waals surface area contributed by atoms with Gasteiger partial charge in [0.25, 0.3) is 0 Å². The molecule has 2 rings (SSSR count). The summed E-state index contributed by atoms with van der Waals surface area (Å²) in [6.45, 7) is 2.31. The number of amidine groups is 1. The highest BCUT2D eigenvalue weighted by Gasteiger charge is 2.22. The Labute approximate surface area is 114 Å². The minimum atomic E-state index is 0.0486. The van der Waals surface area contributed by atoms with Gasteiger partial charge >= 0.3 is 0 Å². The highest BCUT2D eigenvalue weighted by molar-refractivity contribution is 5.95. The maximum atomic E-state index is 8.70. The van der Waals surface area contributed by atoms with Crippen molar-refractivity contribution >= 4 is 11.7 Å². The number of rotatable bonds is 3. The van der Waals surface area contributed by atoms with Crippen LogP contribution in [-0.2, 0) is 0 Å². The van der Waals surface area contributed by atoms with Crippen molar-refractivity contribution in [1.82, 2.24) is 4.98 Å². The van der Waals surface area contributed by atoms with Crippen molar-refractivity contribution in [3.63, 3.8) is 0 Å². The van der Waals surface area contributed by atoms with Crippen LogP contribution in [0.2, 0.25) is 0 Å². The fourth-order valence-corrected chi connectivity index (χ4v) is 2.63. The first-order chi connectivity index (χ1) is 9.11. The third-order valence-corrected chi connectivity index (χ3v) is 4.00. The Balaban J connectivity index is 2.13. The van der Waals surface area contributed by atoms with Crippen molar-refractivity contribution < 1.29 is 5.21 Å². The molecule has 19 heavy (non-hydrogen) atoms. The molecule has 0 spiro atoms. The fraction of sp³-hybridized carbons (Fsp3) is 0.571. The largest absolute Gasteiger partial charge is 0.409 e. The summed E-state index contributed by atoms with van der Waals surface area (Å²) >= 11 is 0. The molecular weight excluding hydrogens is 240 g/mol. The molecule has 0 unspecified atom stereocenters. The van der Waals surface area contributed by atoms with Gasteiger partial charge in [0.1, 0.15) is 11.5 Å². The normalized spacial score (nSPS) is 24.2. The molecule has 0 radical (unpaired) electrons. The highest BCUT2D eigenvalue weighted by atomic mass is 16.4. The van der Waals surface area contributed by atoms with Crippen LogP contribution in [0.5, 0.6) is 0 Å². The second-order valence-corrected chi connectivity index (χ2v) is 5.39. The second-order valence-electron chi connectivity index (χ2n) is 5.39. The molecule has 0 atom stereocenters. The molecular formula is C14H22N4O. The number of oxime groups is 1. The summed E-state index contributed by atoms with van der Waals surface area (Å²) in [7, 11) is 2.07. The number of pyridine rings is 1. The zero-order valence-corrected chi connectivity index (χ0v) is 11.6. The minimum Gasteiger partial charge on any atom is -0.409 e. The molecule has 1 heterocycles. The van der Waals surface area contributed by atoms with E-state index in [1.165, 1.54) is 25.7 Å². The van der Waals surface area contributed by atoms with Gasteiger partial charge in [-0.05, 0) is 43.7 Å². The number of nitrogens with two attached hydrogens (primary N) is 1. The highest BCUT2D eigenvalue weighted by Crippen LogP contribution is 2.28. The average molecular weight is 262 g/mol. The molecule has 1 saturated carbocycles. The van der Waals surface area contributed by atoms with Crippen LogP contribution in [-0.4, -0.2) is 29.1 Å². The first-order valence-electron chi connectivity index (χ1n) is 6.79. The van der Waals surface area contributed by atoms with Crippen LogP contribution in [0.3, 0.4) is 0 Å². The third kappa shape index (κ3) is 3.16. The molecule has 5 heteroatoms. The predicted octanol–water partition coefficient (Wildman–Crippen LogP) is 2.19. The van der Waals surface area contributed by atoms with E-state index in [0.717, 1.165) is 11.7 Å². The van der Waals surface area contributed by atoms with Gasteiger partial charge in [-0.2, -0.15) is 0 Å². The van der Waals surface area contributed by atoms with Crippen molar-refractivity contribution in [3.8, 4) is 0 Å². The van der Waals surface area contributed by atoms with E-state index in [1.54, 1.807) is 6.07 Å². The maximum absolute atomic E-state index is 8.70. The molecule has 1 aliphatic rings. The summed E-state index contributed by atoms with van der Waals surface area (Å²) in [5, 5.41) is 11.7. The van der Waals surface area contributed by atoms with E-state index in [1.807, 2.05) is 12.1 Å². The molecule has 0 aromatic carbocycles. The Morgan fingerprint density at radius 2 is 2.05 bits per heavy atom. The minimum absolute atomic E-state index is 0.0486. The van der Waals surface area contributed by atoms with Gasteiger partial charge in [0, 0.05) is 13.1 Å². The van der Waals surface area contributed by atoms with Gasteiger partial charge in [-0.3, -0.25) is 0 Å². The Morgan fingerprint density at radius 1 is 1.37 bits per heavy atom. The molecule has 5 nitrogen and oxygen atoms in total.